The fourth-order valence-corrected chi connectivity index (χ4v) is 0.902. The average Bonchev–Trinajstić information content (AvgIpc) is 1.98. The Morgan fingerprint density at radius 1 is 1.18 bits per heavy atom. The highest BCUT2D eigenvalue weighted by Crippen LogP contribution is 2.06. The van der Waals surface area contributed by atoms with Gasteiger partial charge in [0.15, 0.2) is 0 Å². The van der Waals surface area contributed by atoms with Crippen molar-refractivity contribution in [2.75, 3.05) is 6.54 Å². The molecule has 0 heterocycles. The van der Waals surface area contributed by atoms with Gasteiger partial charge in [0.25, 0.3) is 0 Å². The molecule has 0 aliphatic rings. The molecule has 2 atom stereocenters. The van der Waals surface area contributed by atoms with Crippen LogP contribution in [0.3, 0.4) is 0 Å². The summed E-state index contributed by atoms with van der Waals surface area (Å²) >= 11 is 0. The summed E-state index contributed by atoms with van der Waals surface area (Å²) in [5, 5.41) is 0. The largest absolute Gasteiger partial charge is 0.330 e. The molecule has 4 nitrogen and oxygen atoms in total. The van der Waals surface area contributed by atoms with Crippen LogP contribution in [0.5, 0.6) is 0 Å². The Kier molecular flexibility index (Phi) is 5.41. The first kappa shape index (κ1) is 10.8. The molecule has 0 amide bonds. The van der Waals surface area contributed by atoms with Crippen molar-refractivity contribution in [3.05, 3.63) is 0 Å². The van der Waals surface area contributed by atoms with Crippen molar-refractivity contribution in [1.82, 2.24) is 0 Å². The molecule has 0 aliphatic heterocycles. The van der Waals surface area contributed by atoms with Crippen LogP contribution in [-0.4, -0.2) is 18.8 Å². The van der Waals surface area contributed by atoms with E-state index >= 15 is 0 Å². The zero-order valence-electron chi connectivity index (χ0n) is 7.16. The lowest BCUT2D eigenvalue weighted by atomic mass is 9.96. The minimum atomic E-state index is -0.317. The van der Waals surface area contributed by atoms with Crippen LogP contribution in [0.4, 0.5) is 0 Å². The predicted octanol–water partition coefficient (Wildman–Crippen LogP) is -1.07. The molecule has 0 radical (unpaired) electrons. The van der Waals surface area contributed by atoms with Crippen LogP contribution in [0.15, 0.2) is 0 Å². The summed E-state index contributed by atoms with van der Waals surface area (Å²) in [5.41, 5.74) is 22.1. The predicted molar refractivity (Wildman–Crippen MR) is 47.6 cm³/mol. The van der Waals surface area contributed by atoms with Crippen molar-refractivity contribution in [1.29, 1.82) is 0 Å². The van der Waals surface area contributed by atoms with Gasteiger partial charge < -0.3 is 22.9 Å². The van der Waals surface area contributed by atoms with Gasteiger partial charge in [-0.2, -0.15) is 0 Å². The highest BCUT2D eigenvalue weighted by molar-refractivity contribution is 4.74. The molecule has 8 N–H and O–H groups in total. The third kappa shape index (κ3) is 4.31. The lowest BCUT2D eigenvalue weighted by Gasteiger charge is -2.22. The second-order valence-corrected chi connectivity index (χ2v) is 3.03. The summed E-state index contributed by atoms with van der Waals surface area (Å²) in [4.78, 5) is 0. The minimum absolute atomic E-state index is 0.0820. The highest BCUT2D eigenvalue weighted by atomic mass is 14.9. The van der Waals surface area contributed by atoms with Crippen molar-refractivity contribution in [3.8, 4) is 0 Å². The standard InChI is InChI=1S/C7H20N4/c1-5(7(10)11)6(9)3-2-4-8/h5-7H,2-4,8-11H2,1H3. The van der Waals surface area contributed by atoms with E-state index in [4.69, 9.17) is 22.9 Å². The van der Waals surface area contributed by atoms with E-state index < -0.39 is 0 Å². The number of rotatable bonds is 5. The first-order valence-electron chi connectivity index (χ1n) is 4.06. The van der Waals surface area contributed by atoms with Crippen LogP contribution >= 0.6 is 0 Å². The lowest BCUT2D eigenvalue weighted by molar-refractivity contribution is 0.363. The number of hydrogen-bond acceptors (Lipinski definition) is 4. The van der Waals surface area contributed by atoms with E-state index in [1.165, 1.54) is 0 Å². The molecule has 0 fully saturated rings. The monoisotopic (exact) mass is 160 g/mol. The van der Waals surface area contributed by atoms with Crippen LogP contribution in [0.2, 0.25) is 0 Å². The van der Waals surface area contributed by atoms with Gasteiger partial charge in [0, 0.05) is 6.04 Å². The summed E-state index contributed by atoms with van der Waals surface area (Å²) < 4.78 is 0. The van der Waals surface area contributed by atoms with E-state index in [0.717, 1.165) is 12.8 Å². The zero-order chi connectivity index (χ0) is 8.85. The lowest BCUT2D eigenvalue weighted by Crippen LogP contribution is -2.46. The minimum Gasteiger partial charge on any atom is -0.330 e. The Bertz CT molecular complexity index is 94.4. The summed E-state index contributed by atoms with van der Waals surface area (Å²) in [5.74, 6) is 0.168. The average molecular weight is 160 g/mol. The first-order valence-corrected chi connectivity index (χ1v) is 4.06. The normalized spacial score (nSPS) is 16.9. The van der Waals surface area contributed by atoms with Gasteiger partial charge in [0.2, 0.25) is 0 Å². The van der Waals surface area contributed by atoms with Crippen molar-refractivity contribution in [2.45, 2.75) is 32.0 Å². The topological polar surface area (TPSA) is 104 Å². The fourth-order valence-electron chi connectivity index (χ4n) is 0.902. The summed E-state index contributed by atoms with van der Waals surface area (Å²) in [6, 6.07) is 0.0820. The maximum atomic E-state index is 5.79. The van der Waals surface area contributed by atoms with Gasteiger partial charge in [-0.05, 0) is 25.3 Å². The van der Waals surface area contributed by atoms with E-state index in [0.29, 0.717) is 6.54 Å². The third-order valence-electron chi connectivity index (χ3n) is 2.02. The molecule has 0 aromatic heterocycles. The molecule has 0 aromatic carbocycles. The molecule has 11 heavy (non-hydrogen) atoms. The van der Waals surface area contributed by atoms with Crippen LogP contribution in [-0.2, 0) is 0 Å². The van der Waals surface area contributed by atoms with E-state index in [2.05, 4.69) is 0 Å². The van der Waals surface area contributed by atoms with Crippen LogP contribution in [0, 0.1) is 5.92 Å². The molecule has 0 saturated carbocycles. The molecular weight excluding hydrogens is 140 g/mol. The molecule has 68 valence electrons. The highest BCUT2D eigenvalue weighted by Gasteiger charge is 2.15. The SMILES string of the molecule is CC(C(N)N)C(N)CCCN. The van der Waals surface area contributed by atoms with Gasteiger partial charge in [-0.1, -0.05) is 6.92 Å². The van der Waals surface area contributed by atoms with Crippen LogP contribution < -0.4 is 22.9 Å². The van der Waals surface area contributed by atoms with Crippen molar-refractivity contribution >= 4 is 0 Å². The number of hydrogen-bond donors (Lipinski definition) is 4. The van der Waals surface area contributed by atoms with Crippen molar-refractivity contribution in [3.63, 3.8) is 0 Å². The van der Waals surface area contributed by atoms with Gasteiger partial charge in [-0.25, -0.2) is 0 Å². The molecule has 2 unspecified atom stereocenters. The Hall–Kier alpha value is -0.160. The third-order valence-corrected chi connectivity index (χ3v) is 2.02. The first-order chi connectivity index (χ1) is 5.09. The maximum Gasteiger partial charge on any atom is 0.0562 e. The quantitative estimate of drug-likeness (QED) is 0.384. The maximum absolute atomic E-state index is 5.79. The van der Waals surface area contributed by atoms with Gasteiger partial charge in [0.1, 0.15) is 0 Å². The summed E-state index contributed by atoms with van der Waals surface area (Å²) in [7, 11) is 0. The second kappa shape index (κ2) is 5.49. The molecule has 0 aliphatic carbocycles. The molecule has 0 saturated heterocycles. The molecule has 0 spiro atoms. The van der Waals surface area contributed by atoms with Gasteiger partial charge in [-0.3, -0.25) is 0 Å². The Labute approximate surface area is 68.3 Å². The molecule has 4 heteroatoms. The molecule has 0 rings (SSSR count). The Morgan fingerprint density at radius 2 is 1.73 bits per heavy atom. The zero-order valence-corrected chi connectivity index (χ0v) is 7.16. The molecular formula is C7H20N4. The Balaban J connectivity index is 3.55. The molecule has 0 bridgehead atoms. The van der Waals surface area contributed by atoms with Crippen molar-refractivity contribution in [2.24, 2.45) is 28.9 Å². The van der Waals surface area contributed by atoms with Crippen molar-refractivity contribution < 1.29 is 0 Å². The Morgan fingerprint density at radius 3 is 2.09 bits per heavy atom. The van der Waals surface area contributed by atoms with E-state index in [9.17, 15) is 0 Å². The number of nitrogens with two attached hydrogens (primary N) is 4. The summed E-state index contributed by atoms with van der Waals surface area (Å²) in [6.07, 6.45) is 1.53. The van der Waals surface area contributed by atoms with Gasteiger partial charge >= 0.3 is 0 Å². The van der Waals surface area contributed by atoms with Crippen LogP contribution in [0.25, 0.3) is 0 Å². The van der Waals surface area contributed by atoms with E-state index in [-0.39, 0.29) is 18.1 Å². The van der Waals surface area contributed by atoms with Crippen LogP contribution in [0.1, 0.15) is 19.8 Å². The van der Waals surface area contributed by atoms with E-state index in [1.807, 2.05) is 6.92 Å². The fraction of sp³-hybridized carbons (Fsp3) is 1.00. The smallest absolute Gasteiger partial charge is 0.0562 e. The molecule has 0 aromatic rings. The van der Waals surface area contributed by atoms with E-state index in [1.54, 1.807) is 0 Å². The van der Waals surface area contributed by atoms with Gasteiger partial charge in [-0.15, -0.1) is 0 Å². The second-order valence-electron chi connectivity index (χ2n) is 3.03. The van der Waals surface area contributed by atoms with Gasteiger partial charge in [0.05, 0.1) is 6.17 Å². The summed E-state index contributed by atoms with van der Waals surface area (Å²) in [6.45, 7) is 2.64.